The molecule has 0 aliphatic heterocycles. The highest BCUT2D eigenvalue weighted by Crippen LogP contribution is 2.66. The molecule has 2 saturated carbocycles. The fourth-order valence-corrected chi connectivity index (χ4v) is 4.03. The summed E-state index contributed by atoms with van der Waals surface area (Å²) in [7, 11) is 0. The molecule has 96 valence electrons. The Balaban J connectivity index is 1.57. The van der Waals surface area contributed by atoms with Gasteiger partial charge in [0.05, 0.1) is 6.21 Å². The quantitative estimate of drug-likeness (QED) is 0.660. The van der Waals surface area contributed by atoms with Crippen LogP contribution in [0.2, 0.25) is 0 Å². The molecule has 3 atom stereocenters. The fraction of sp³-hybridized carbons (Fsp3) is 0.571. The third-order valence-corrected chi connectivity index (χ3v) is 5.33. The number of hydrazone groups is 1. The molecular weight excluding hydrogens is 244 g/mol. The number of nitrogens with zero attached hydrogens (tertiary/aromatic N) is 1. The molecule has 0 saturated heterocycles. The maximum absolute atomic E-state index is 12.1. The van der Waals surface area contributed by atoms with Crippen LogP contribution in [0.1, 0.15) is 37.5 Å². The summed E-state index contributed by atoms with van der Waals surface area (Å²) in [6, 6.07) is 3.96. The van der Waals surface area contributed by atoms with Crippen molar-refractivity contribution >= 4 is 23.5 Å². The second-order valence-corrected chi connectivity index (χ2v) is 6.56. The molecule has 1 amide bonds. The minimum Gasteiger partial charge on any atom is -0.273 e. The van der Waals surface area contributed by atoms with E-state index in [-0.39, 0.29) is 17.2 Å². The van der Waals surface area contributed by atoms with Gasteiger partial charge < -0.3 is 0 Å². The van der Waals surface area contributed by atoms with Gasteiger partial charge in [-0.2, -0.15) is 5.10 Å². The van der Waals surface area contributed by atoms with E-state index in [2.05, 4.69) is 17.5 Å². The zero-order valence-corrected chi connectivity index (χ0v) is 11.4. The summed E-state index contributed by atoms with van der Waals surface area (Å²) in [5, 5.41) is 6.05. The minimum absolute atomic E-state index is 0.109. The van der Waals surface area contributed by atoms with E-state index in [1.165, 1.54) is 25.7 Å². The lowest BCUT2D eigenvalue weighted by atomic mass is 9.90. The summed E-state index contributed by atoms with van der Waals surface area (Å²) in [6.07, 6.45) is 6.68. The molecule has 2 fully saturated rings. The number of fused-ring (bicyclic) bond motifs is 1. The zero-order valence-electron chi connectivity index (χ0n) is 10.6. The van der Waals surface area contributed by atoms with Gasteiger partial charge in [0.15, 0.2) is 0 Å². The van der Waals surface area contributed by atoms with Crippen molar-refractivity contribution < 1.29 is 4.79 Å². The van der Waals surface area contributed by atoms with Gasteiger partial charge in [0.2, 0.25) is 5.91 Å². The molecule has 1 N–H and O–H groups in total. The van der Waals surface area contributed by atoms with Gasteiger partial charge >= 0.3 is 0 Å². The molecule has 0 aromatic carbocycles. The highest BCUT2D eigenvalue weighted by molar-refractivity contribution is 7.11. The summed E-state index contributed by atoms with van der Waals surface area (Å²) in [5.41, 5.74) is 2.97. The van der Waals surface area contributed by atoms with Crippen LogP contribution in [0.15, 0.2) is 22.6 Å². The molecule has 2 aliphatic carbocycles. The van der Waals surface area contributed by atoms with E-state index in [9.17, 15) is 4.79 Å². The van der Waals surface area contributed by atoms with Gasteiger partial charge in [-0.25, -0.2) is 5.43 Å². The van der Waals surface area contributed by atoms with Crippen LogP contribution in [-0.2, 0) is 4.79 Å². The van der Waals surface area contributed by atoms with Crippen LogP contribution in [0.5, 0.6) is 0 Å². The number of thiophene rings is 1. The van der Waals surface area contributed by atoms with E-state index < -0.39 is 0 Å². The van der Waals surface area contributed by atoms with Crippen molar-refractivity contribution in [2.75, 3.05) is 0 Å². The van der Waals surface area contributed by atoms with Gasteiger partial charge in [-0.15, -0.1) is 11.3 Å². The monoisotopic (exact) mass is 262 g/mol. The first-order valence-corrected chi connectivity index (χ1v) is 7.46. The molecule has 18 heavy (non-hydrogen) atoms. The van der Waals surface area contributed by atoms with Crippen molar-refractivity contribution in [3.05, 3.63) is 22.4 Å². The smallest absolute Gasteiger partial charge is 0.244 e. The number of carbonyl (C=O) groups excluding carboxylic acids is 1. The van der Waals surface area contributed by atoms with Crippen molar-refractivity contribution in [3.63, 3.8) is 0 Å². The molecule has 0 unspecified atom stereocenters. The summed E-state index contributed by atoms with van der Waals surface area (Å²) in [4.78, 5) is 13.1. The average molecular weight is 262 g/mol. The molecule has 1 aromatic rings. The summed E-state index contributed by atoms with van der Waals surface area (Å²) in [6.45, 7) is 2.25. The van der Waals surface area contributed by atoms with E-state index in [0.29, 0.717) is 5.92 Å². The van der Waals surface area contributed by atoms with Crippen molar-refractivity contribution in [2.24, 2.45) is 22.4 Å². The van der Waals surface area contributed by atoms with Crippen LogP contribution in [0.25, 0.3) is 0 Å². The predicted molar refractivity (Wildman–Crippen MR) is 73.6 cm³/mol. The topological polar surface area (TPSA) is 41.5 Å². The van der Waals surface area contributed by atoms with Crippen LogP contribution in [0, 0.1) is 17.3 Å². The Kier molecular flexibility index (Phi) is 2.98. The lowest BCUT2D eigenvalue weighted by Gasteiger charge is -2.15. The lowest BCUT2D eigenvalue weighted by Crippen LogP contribution is -2.22. The summed E-state index contributed by atoms with van der Waals surface area (Å²) < 4.78 is 0. The van der Waals surface area contributed by atoms with Crippen LogP contribution >= 0.6 is 11.3 Å². The van der Waals surface area contributed by atoms with Crippen molar-refractivity contribution in [1.29, 1.82) is 0 Å². The van der Waals surface area contributed by atoms with Crippen molar-refractivity contribution in [3.8, 4) is 0 Å². The highest BCUT2D eigenvalue weighted by Gasteiger charge is 2.64. The summed E-state index contributed by atoms with van der Waals surface area (Å²) in [5.74, 6) is 0.904. The molecule has 4 heteroatoms. The van der Waals surface area contributed by atoms with Crippen molar-refractivity contribution in [2.45, 2.75) is 32.6 Å². The molecule has 0 spiro atoms. The van der Waals surface area contributed by atoms with E-state index in [0.717, 1.165) is 4.88 Å². The first-order valence-electron chi connectivity index (χ1n) is 6.58. The number of hydrogen-bond donors (Lipinski definition) is 1. The molecule has 0 bridgehead atoms. The maximum atomic E-state index is 12.1. The predicted octanol–water partition coefficient (Wildman–Crippen LogP) is 3.02. The Labute approximate surface area is 111 Å². The van der Waals surface area contributed by atoms with Gasteiger partial charge in [0, 0.05) is 10.8 Å². The highest BCUT2D eigenvalue weighted by atomic mass is 32.1. The van der Waals surface area contributed by atoms with Gasteiger partial charge in [-0.05, 0) is 35.6 Å². The molecule has 1 aromatic heterocycles. The molecule has 3 nitrogen and oxygen atoms in total. The second kappa shape index (κ2) is 4.50. The Hall–Kier alpha value is -1.16. The number of hydrogen-bond acceptors (Lipinski definition) is 3. The number of carbonyl (C=O) groups is 1. The molecule has 2 aliphatic rings. The first kappa shape index (κ1) is 11.9. The Morgan fingerprint density at radius 1 is 1.61 bits per heavy atom. The Bertz CT molecular complexity index is 468. The Morgan fingerprint density at radius 2 is 2.50 bits per heavy atom. The van der Waals surface area contributed by atoms with E-state index in [1.54, 1.807) is 17.6 Å². The fourth-order valence-electron chi connectivity index (χ4n) is 3.44. The van der Waals surface area contributed by atoms with E-state index >= 15 is 0 Å². The molecule has 1 heterocycles. The zero-order chi connectivity index (χ0) is 12.6. The number of rotatable bonds is 3. The van der Waals surface area contributed by atoms with E-state index in [4.69, 9.17) is 0 Å². The lowest BCUT2D eigenvalue weighted by molar-refractivity contribution is -0.123. The first-order chi connectivity index (χ1) is 8.72. The Morgan fingerprint density at radius 3 is 3.17 bits per heavy atom. The number of amides is 1. The van der Waals surface area contributed by atoms with Gasteiger partial charge in [0.25, 0.3) is 0 Å². The SMILES string of the molecule is C[C@@]12CCCC[C@@H]1[C@H]2C(=O)N/N=C\c1cccs1. The second-order valence-electron chi connectivity index (χ2n) is 5.59. The van der Waals surface area contributed by atoms with Crippen molar-refractivity contribution in [1.82, 2.24) is 5.43 Å². The van der Waals surface area contributed by atoms with Crippen LogP contribution in [0.4, 0.5) is 0 Å². The number of nitrogens with one attached hydrogen (secondary N) is 1. The van der Waals surface area contributed by atoms with Gasteiger partial charge in [-0.1, -0.05) is 25.8 Å². The minimum atomic E-state index is 0.109. The third-order valence-electron chi connectivity index (χ3n) is 4.52. The third kappa shape index (κ3) is 1.99. The maximum Gasteiger partial charge on any atom is 0.244 e. The molecule has 0 radical (unpaired) electrons. The van der Waals surface area contributed by atoms with Crippen LogP contribution in [0.3, 0.4) is 0 Å². The van der Waals surface area contributed by atoms with Crippen LogP contribution < -0.4 is 5.43 Å². The molecular formula is C14H18N2OS. The summed E-state index contributed by atoms with van der Waals surface area (Å²) >= 11 is 1.62. The van der Waals surface area contributed by atoms with Crippen LogP contribution in [-0.4, -0.2) is 12.1 Å². The standard InChI is InChI=1S/C14H18N2OS/c1-14-7-3-2-6-11(14)12(14)13(17)16-15-9-10-5-4-8-18-10/h4-5,8-9,11-12H,2-3,6-7H2,1H3,(H,16,17)/b15-9-/t11-,12+,14-/m1/s1. The largest absolute Gasteiger partial charge is 0.273 e. The van der Waals surface area contributed by atoms with E-state index in [1.807, 2.05) is 17.5 Å². The van der Waals surface area contributed by atoms with Gasteiger partial charge in [0.1, 0.15) is 0 Å². The average Bonchev–Trinajstić information content (AvgIpc) is 2.71. The van der Waals surface area contributed by atoms with Gasteiger partial charge in [-0.3, -0.25) is 4.79 Å². The molecule has 3 rings (SSSR count). The normalized spacial score (nSPS) is 34.3.